The van der Waals surface area contributed by atoms with E-state index >= 15 is 0 Å². The maximum atomic E-state index is 11.3. The number of hydrogen-bond acceptors (Lipinski definition) is 3. The van der Waals surface area contributed by atoms with Gasteiger partial charge in [0.15, 0.2) is 6.19 Å². The normalized spacial score (nSPS) is 9.56. The van der Waals surface area contributed by atoms with Crippen molar-refractivity contribution in [2.24, 2.45) is 0 Å². The molecule has 0 radical (unpaired) electrons. The molecule has 1 aromatic rings. The van der Waals surface area contributed by atoms with Gasteiger partial charge in [0.2, 0.25) is 0 Å². The molecule has 0 fully saturated rings. The lowest BCUT2D eigenvalue weighted by atomic mass is 10.2. The Bertz CT molecular complexity index is 407. The maximum absolute atomic E-state index is 11.3. The summed E-state index contributed by atoms with van der Waals surface area (Å²) in [5, 5.41) is 10.4. The fraction of sp³-hybridized carbons (Fsp3) is 0.429. The van der Waals surface area contributed by atoms with Crippen LogP contribution in [0, 0.1) is 11.5 Å². The average Bonchev–Trinajstić information content (AvgIpc) is 2.39. The predicted octanol–water partition coefficient (Wildman–Crippen LogP) is 2.86. The molecule has 1 aromatic carbocycles. The van der Waals surface area contributed by atoms with Crippen molar-refractivity contribution in [1.82, 2.24) is 5.32 Å². The minimum absolute atomic E-state index is 0.396. The number of carbonyl (C=O) groups is 1. The van der Waals surface area contributed by atoms with E-state index < -0.39 is 5.91 Å². The van der Waals surface area contributed by atoms with E-state index in [2.05, 4.69) is 12.2 Å². The lowest BCUT2D eigenvalue weighted by Crippen LogP contribution is -2.16. The van der Waals surface area contributed by atoms with E-state index in [9.17, 15) is 4.79 Å². The molecule has 0 saturated heterocycles. The summed E-state index contributed by atoms with van der Waals surface area (Å²) in [6, 6.07) is 6.78. The zero-order valence-electron chi connectivity index (χ0n) is 10.6. The van der Waals surface area contributed by atoms with Crippen molar-refractivity contribution in [3.8, 4) is 11.9 Å². The molecule has 1 N–H and O–H groups in total. The first-order valence-electron chi connectivity index (χ1n) is 6.20. The van der Waals surface area contributed by atoms with Crippen molar-refractivity contribution in [1.29, 1.82) is 5.26 Å². The fourth-order valence-corrected chi connectivity index (χ4v) is 1.54. The van der Waals surface area contributed by atoms with Crippen LogP contribution in [0.3, 0.4) is 0 Å². The van der Waals surface area contributed by atoms with Gasteiger partial charge < -0.3 is 4.74 Å². The summed E-state index contributed by atoms with van der Waals surface area (Å²) < 4.78 is 5.55. The highest BCUT2D eigenvalue weighted by Gasteiger charge is 2.04. The first kappa shape index (κ1) is 14.0. The highest BCUT2D eigenvalue weighted by atomic mass is 16.5. The van der Waals surface area contributed by atoms with Crippen LogP contribution in [0.15, 0.2) is 24.3 Å². The SMILES string of the molecule is CCCCCCOc1ccc(C(=O)NC#N)cc1. The maximum Gasteiger partial charge on any atom is 0.264 e. The van der Waals surface area contributed by atoms with E-state index in [1.54, 1.807) is 30.5 Å². The molecule has 0 unspecified atom stereocenters. The summed E-state index contributed by atoms with van der Waals surface area (Å²) in [6.45, 7) is 2.87. The summed E-state index contributed by atoms with van der Waals surface area (Å²) in [5.74, 6) is 0.354. The van der Waals surface area contributed by atoms with Gasteiger partial charge in [-0.2, -0.15) is 5.26 Å². The van der Waals surface area contributed by atoms with E-state index in [-0.39, 0.29) is 0 Å². The van der Waals surface area contributed by atoms with E-state index in [4.69, 9.17) is 10.00 Å². The number of rotatable bonds is 7. The minimum Gasteiger partial charge on any atom is -0.494 e. The van der Waals surface area contributed by atoms with Gasteiger partial charge in [-0.25, -0.2) is 0 Å². The van der Waals surface area contributed by atoms with Crippen LogP contribution >= 0.6 is 0 Å². The van der Waals surface area contributed by atoms with Gasteiger partial charge in [-0.1, -0.05) is 26.2 Å². The number of nitrogens with one attached hydrogen (secondary N) is 1. The summed E-state index contributed by atoms with van der Waals surface area (Å²) in [6.07, 6.45) is 6.27. The van der Waals surface area contributed by atoms with Crippen molar-refractivity contribution in [2.45, 2.75) is 32.6 Å². The molecule has 4 nitrogen and oxygen atoms in total. The van der Waals surface area contributed by atoms with E-state index in [0.29, 0.717) is 12.2 Å². The molecule has 1 rings (SSSR count). The molecule has 0 aliphatic heterocycles. The zero-order chi connectivity index (χ0) is 13.2. The number of hydrogen-bond donors (Lipinski definition) is 1. The Balaban J connectivity index is 2.36. The number of amides is 1. The third-order valence-electron chi connectivity index (χ3n) is 2.55. The fourth-order valence-electron chi connectivity index (χ4n) is 1.54. The summed E-state index contributed by atoms with van der Waals surface area (Å²) in [7, 11) is 0. The number of benzene rings is 1. The first-order valence-corrected chi connectivity index (χ1v) is 6.20. The monoisotopic (exact) mass is 246 g/mol. The Labute approximate surface area is 108 Å². The Morgan fingerprint density at radius 3 is 2.61 bits per heavy atom. The molecule has 0 aromatic heterocycles. The van der Waals surface area contributed by atoms with Gasteiger partial charge >= 0.3 is 0 Å². The summed E-state index contributed by atoms with van der Waals surface area (Å²) in [5.41, 5.74) is 0.454. The number of carbonyl (C=O) groups excluding carboxylic acids is 1. The molecule has 0 aliphatic rings. The van der Waals surface area contributed by atoms with Crippen molar-refractivity contribution in [3.63, 3.8) is 0 Å². The summed E-state index contributed by atoms with van der Waals surface area (Å²) >= 11 is 0. The van der Waals surface area contributed by atoms with Crippen molar-refractivity contribution >= 4 is 5.91 Å². The number of ether oxygens (including phenoxy) is 1. The van der Waals surface area contributed by atoms with Gasteiger partial charge in [-0.05, 0) is 30.7 Å². The zero-order valence-corrected chi connectivity index (χ0v) is 10.6. The van der Waals surface area contributed by atoms with Crippen LogP contribution in [-0.4, -0.2) is 12.5 Å². The van der Waals surface area contributed by atoms with Crippen LogP contribution < -0.4 is 10.1 Å². The second-order valence-corrected chi connectivity index (χ2v) is 4.00. The van der Waals surface area contributed by atoms with Crippen LogP contribution in [0.5, 0.6) is 5.75 Å². The molecule has 4 heteroatoms. The van der Waals surface area contributed by atoms with Crippen LogP contribution in [0.1, 0.15) is 43.0 Å². The second kappa shape index (κ2) is 8.13. The Morgan fingerprint density at radius 1 is 1.28 bits per heavy atom. The molecule has 0 spiro atoms. The Kier molecular flexibility index (Phi) is 6.34. The highest BCUT2D eigenvalue weighted by Crippen LogP contribution is 2.13. The van der Waals surface area contributed by atoms with Crippen molar-refractivity contribution in [2.75, 3.05) is 6.61 Å². The topological polar surface area (TPSA) is 62.1 Å². The van der Waals surface area contributed by atoms with Crippen LogP contribution in [0.4, 0.5) is 0 Å². The quantitative estimate of drug-likeness (QED) is 0.457. The van der Waals surface area contributed by atoms with Gasteiger partial charge in [0, 0.05) is 5.56 Å². The van der Waals surface area contributed by atoms with Gasteiger partial charge in [0.05, 0.1) is 6.61 Å². The van der Waals surface area contributed by atoms with Gasteiger partial charge in [-0.3, -0.25) is 10.1 Å². The Hall–Kier alpha value is -2.02. The van der Waals surface area contributed by atoms with Crippen molar-refractivity contribution in [3.05, 3.63) is 29.8 Å². The molecular formula is C14H18N2O2. The number of unbranched alkanes of at least 4 members (excludes halogenated alkanes) is 3. The van der Waals surface area contributed by atoms with Gasteiger partial charge in [-0.15, -0.1) is 0 Å². The van der Waals surface area contributed by atoms with Crippen LogP contribution in [0.25, 0.3) is 0 Å². The van der Waals surface area contributed by atoms with E-state index in [1.165, 1.54) is 19.3 Å². The minimum atomic E-state index is -0.396. The molecule has 0 atom stereocenters. The molecule has 0 saturated carbocycles. The number of nitriles is 1. The van der Waals surface area contributed by atoms with Crippen LogP contribution in [-0.2, 0) is 0 Å². The lowest BCUT2D eigenvalue weighted by molar-refractivity contribution is 0.0973. The largest absolute Gasteiger partial charge is 0.494 e. The standard InChI is InChI=1S/C14H18N2O2/c1-2-3-4-5-10-18-13-8-6-12(7-9-13)14(17)16-11-15/h6-9H,2-5,10H2,1H3,(H,16,17). The highest BCUT2D eigenvalue weighted by molar-refractivity contribution is 5.95. The van der Waals surface area contributed by atoms with Crippen LogP contribution in [0.2, 0.25) is 0 Å². The molecule has 18 heavy (non-hydrogen) atoms. The van der Waals surface area contributed by atoms with Gasteiger partial charge in [0.1, 0.15) is 5.75 Å². The molecule has 1 amide bonds. The molecule has 0 heterocycles. The summed E-state index contributed by atoms with van der Waals surface area (Å²) in [4.78, 5) is 11.3. The smallest absolute Gasteiger partial charge is 0.264 e. The first-order chi connectivity index (χ1) is 8.77. The third kappa shape index (κ3) is 4.88. The lowest BCUT2D eigenvalue weighted by Gasteiger charge is -2.06. The molecule has 0 bridgehead atoms. The second-order valence-electron chi connectivity index (χ2n) is 4.00. The number of nitrogens with zero attached hydrogens (tertiary/aromatic N) is 1. The Morgan fingerprint density at radius 2 is 2.00 bits per heavy atom. The molecular weight excluding hydrogens is 228 g/mol. The van der Waals surface area contributed by atoms with Crippen molar-refractivity contribution < 1.29 is 9.53 Å². The predicted molar refractivity (Wildman–Crippen MR) is 69.2 cm³/mol. The average molecular weight is 246 g/mol. The molecule has 0 aliphatic carbocycles. The van der Waals surface area contributed by atoms with E-state index in [0.717, 1.165) is 12.2 Å². The van der Waals surface area contributed by atoms with Gasteiger partial charge in [0.25, 0.3) is 5.91 Å². The third-order valence-corrected chi connectivity index (χ3v) is 2.55. The van der Waals surface area contributed by atoms with E-state index in [1.807, 2.05) is 0 Å². The molecule has 96 valence electrons.